The average Bonchev–Trinajstić information content (AvgIpc) is 2.81. The molecule has 0 fully saturated rings. The lowest BCUT2D eigenvalue weighted by Gasteiger charge is -2.08. The molecule has 0 bridgehead atoms. The van der Waals surface area contributed by atoms with Crippen LogP contribution in [0.15, 0.2) is 76.0 Å². The molecule has 2 aromatic heterocycles. The first-order valence-corrected chi connectivity index (χ1v) is 9.95. The number of para-hydroxylation sites is 1. The fourth-order valence-corrected chi connectivity index (χ4v) is 3.43. The summed E-state index contributed by atoms with van der Waals surface area (Å²) in [5, 5.41) is 0.805. The molecular formula is C26H21NO5. The Labute approximate surface area is 184 Å². The minimum absolute atomic E-state index is 0.193. The van der Waals surface area contributed by atoms with E-state index >= 15 is 0 Å². The summed E-state index contributed by atoms with van der Waals surface area (Å²) in [4.78, 5) is 29.6. The van der Waals surface area contributed by atoms with Gasteiger partial charge in [0.05, 0.1) is 25.5 Å². The van der Waals surface area contributed by atoms with Gasteiger partial charge in [-0.2, -0.15) is 0 Å². The second-order valence-electron chi connectivity index (χ2n) is 7.13. The predicted octanol–water partition coefficient (Wildman–Crippen LogP) is 5.08. The molecule has 2 heterocycles. The molecule has 0 radical (unpaired) electrons. The van der Waals surface area contributed by atoms with Crippen molar-refractivity contribution in [2.45, 2.75) is 6.92 Å². The third kappa shape index (κ3) is 4.16. The van der Waals surface area contributed by atoms with Crippen molar-refractivity contribution in [2.24, 2.45) is 0 Å². The van der Waals surface area contributed by atoms with Crippen molar-refractivity contribution in [2.75, 3.05) is 14.2 Å². The minimum Gasteiger partial charge on any atom is -0.493 e. The number of ether oxygens (including phenoxy) is 2. The Balaban J connectivity index is 1.61. The molecule has 2 aromatic carbocycles. The molecule has 4 aromatic rings. The molecule has 0 N–H and O–H groups in total. The summed E-state index contributed by atoms with van der Waals surface area (Å²) < 4.78 is 15.9. The highest BCUT2D eigenvalue weighted by Gasteiger charge is 2.13. The van der Waals surface area contributed by atoms with Gasteiger partial charge < -0.3 is 13.9 Å². The Bertz CT molecular complexity index is 1400. The molecule has 6 nitrogen and oxygen atoms in total. The van der Waals surface area contributed by atoms with Crippen molar-refractivity contribution in [3.8, 4) is 22.8 Å². The van der Waals surface area contributed by atoms with E-state index in [2.05, 4.69) is 4.98 Å². The topological polar surface area (TPSA) is 78.6 Å². The predicted molar refractivity (Wildman–Crippen MR) is 123 cm³/mol. The van der Waals surface area contributed by atoms with Crippen LogP contribution in [0.4, 0.5) is 0 Å². The maximum absolute atomic E-state index is 12.7. The third-order valence-corrected chi connectivity index (χ3v) is 5.10. The first-order valence-electron chi connectivity index (χ1n) is 9.95. The molecule has 0 unspecified atom stereocenters. The van der Waals surface area contributed by atoms with Gasteiger partial charge in [0.2, 0.25) is 0 Å². The smallest absolute Gasteiger partial charge is 0.345 e. The third-order valence-electron chi connectivity index (χ3n) is 5.10. The highest BCUT2D eigenvalue weighted by molar-refractivity contribution is 6.07. The highest BCUT2D eigenvalue weighted by Crippen LogP contribution is 2.28. The number of aryl methyl sites for hydroxylation is 1. The number of pyridine rings is 1. The van der Waals surface area contributed by atoms with E-state index in [0.717, 1.165) is 10.9 Å². The minimum atomic E-state index is -0.469. The lowest BCUT2D eigenvalue weighted by molar-refractivity contribution is 0.104. The first-order chi connectivity index (χ1) is 15.5. The van der Waals surface area contributed by atoms with E-state index in [0.29, 0.717) is 39.6 Å². The number of allylic oxidation sites excluding steroid dienone is 1. The number of fused-ring (bicyclic) bond motifs is 1. The van der Waals surface area contributed by atoms with Crippen molar-refractivity contribution in [1.82, 2.24) is 4.98 Å². The first kappa shape index (κ1) is 21.1. The molecule has 0 saturated heterocycles. The van der Waals surface area contributed by atoms with E-state index in [9.17, 15) is 9.59 Å². The van der Waals surface area contributed by atoms with Crippen LogP contribution in [-0.2, 0) is 0 Å². The zero-order valence-corrected chi connectivity index (χ0v) is 17.9. The van der Waals surface area contributed by atoms with Crippen molar-refractivity contribution >= 4 is 22.8 Å². The molecule has 0 aliphatic carbocycles. The van der Waals surface area contributed by atoms with E-state index in [1.165, 1.54) is 6.08 Å². The Morgan fingerprint density at radius 1 is 0.969 bits per heavy atom. The molecule has 0 aliphatic heterocycles. The number of hydrogen-bond acceptors (Lipinski definition) is 6. The number of carbonyl (C=O) groups excluding carboxylic acids is 1. The van der Waals surface area contributed by atoms with E-state index in [4.69, 9.17) is 13.9 Å². The number of nitrogens with zero attached hydrogens (tertiary/aromatic N) is 1. The van der Waals surface area contributed by atoms with Gasteiger partial charge in [0.1, 0.15) is 5.58 Å². The van der Waals surface area contributed by atoms with Crippen LogP contribution in [0.5, 0.6) is 11.5 Å². The normalized spacial score (nSPS) is 11.1. The summed E-state index contributed by atoms with van der Waals surface area (Å²) >= 11 is 0. The Kier molecular flexibility index (Phi) is 5.85. The SMILES string of the molecule is COc1ccc(/C=C/C(=O)c2ccc(-c3cc4ccccc4oc3=O)nc2C)cc1OC. The zero-order valence-electron chi connectivity index (χ0n) is 17.9. The second-order valence-corrected chi connectivity index (χ2v) is 7.13. The fourth-order valence-electron chi connectivity index (χ4n) is 3.43. The van der Waals surface area contributed by atoms with Crippen LogP contribution in [0.3, 0.4) is 0 Å². The number of carbonyl (C=O) groups is 1. The van der Waals surface area contributed by atoms with Crippen LogP contribution in [0.1, 0.15) is 21.6 Å². The number of ketones is 1. The van der Waals surface area contributed by atoms with Crippen molar-refractivity contribution < 1.29 is 18.7 Å². The van der Waals surface area contributed by atoms with Crippen LogP contribution in [-0.4, -0.2) is 25.0 Å². The molecule has 0 aliphatic rings. The Morgan fingerprint density at radius 3 is 2.50 bits per heavy atom. The lowest BCUT2D eigenvalue weighted by atomic mass is 10.0. The molecule has 160 valence electrons. The highest BCUT2D eigenvalue weighted by atomic mass is 16.5. The van der Waals surface area contributed by atoms with Crippen molar-refractivity contribution in [3.63, 3.8) is 0 Å². The van der Waals surface area contributed by atoms with Crippen LogP contribution >= 0.6 is 0 Å². The summed E-state index contributed by atoms with van der Waals surface area (Å²) in [5.74, 6) is 1.00. The van der Waals surface area contributed by atoms with Crippen LogP contribution in [0.25, 0.3) is 28.3 Å². The summed E-state index contributed by atoms with van der Waals surface area (Å²) in [5.41, 5.74) is 2.64. The standard InChI is InChI=1S/C26H21NO5/c1-16-19(22(28)12-8-17-9-13-24(30-2)25(14-17)31-3)10-11-21(27-16)20-15-18-6-4-5-7-23(18)32-26(20)29/h4-15H,1-3H3/b12-8+. The lowest BCUT2D eigenvalue weighted by Crippen LogP contribution is -2.06. The maximum atomic E-state index is 12.7. The largest absolute Gasteiger partial charge is 0.493 e. The van der Waals surface area contributed by atoms with Gasteiger partial charge in [-0.3, -0.25) is 9.78 Å². The van der Waals surface area contributed by atoms with Crippen LogP contribution in [0, 0.1) is 6.92 Å². The van der Waals surface area contributed by atoms with E-state index in [-0.39, 0.29) is 5.78 Å². The number of methoxy groups -OCH3 is 2. The monoisotopic (exact) mass is 427 g/mol. The molecule has 4 rings (SSSR count). The molecule has 0 amide bonds. The Hall–Kier alpha value is -4.19. The summed E-state index contributed by atoms with van der Waals surface area (Å²) in [6.07, 6.45) is 3.19. The molecule has 6 heteroatoms. The maximum Gasteiger partial charge on any atom is 0.345 e. The average molecular weight is 427 g/mol. The van der Waals surface area contributed by atoms with E-state index in [1.807, 2.05) is 24.3 Å². The second kappa shape index (κ2) is 8.89. The molecule has 32 heavy (non-hydrogen) atoms. The summed E-state index contributed by atoms with van der Waals surface area (Å²) in [7, 11) is 3.13. The summed E-state index contributed by atoms with van der Waals surface area (Å²) in [6, 6.07) is 17.8. The number of aromatic nitrogens is 1. The van der Waals surface area contributed by atoms with Gasteiger partial charge in [-0.05, 0) is 55.0 Å². The fraction of sp³-hybridized carbons (Fsp3) is 0.115. The molecule has 0 spiro atoms. The van der Waals surface area contributed by atoms with Crippen LogP contribution in [0.2, 0.25) is 0 Å². The van der Waals surface area contributed by atoms with Gasteiger partial charge in [-0.1, -0.05) is 30.3 Å². The zero-order chi connectivity index (χ0) is 22.7. The van der Waals surface area contributed by atoms with Gasteiger partial charge >= 0.3 is 5.63 Å². The molecule has 0 saturated carbocycles. The Morgan fingerprint density at radius 2 is 1.75 bits per heavy atom. The number of rotatable bonds is 6. The summed E-state index contributed by atoms with van der Waals surface area (Å²) in [6.45, 7) is 1.74. The van der Waals surface area contributed by atoms with Gasteiger partial charge in [0.15, 0.2) is 17.3 Å². The van der Waals surface area contributed by atoms with Gasteiger partial charge in [-0.15, -0.1) is 0 Å². The van der Waals surface area contributed by atoms with Gasteiger partial charge in [0, 0.05) is 16.6 Å². The molecular weight excluding hydrogens is 406 g/mol. The number of benzene rings is 2. The van der Waals surface area contributed by atoms with Gasteiger partial charge in [-0.25, -0.2) is 4.79 Å². The van der Waals surface area contributed by atoms with Crippen molar-refractivity contribution in [3.05, 3.63) is 94.0 Å². The van der Waals surface area contributed by atoms with E-state index < -0.39 is 5.63 Å². The quantitative estimate of drug-likeness (QED) is 0.243. The number of hydrogen-bond donors (Lipinski definition) is 0. The van der Waals surface area contributed by atoms with Gasteiger partial charge in [0.25, 0.3) is 0 Å². The molecule has 0 atom stereocenters. The van der Waals surface area contributed by atoms with Crippen LogP contribution < -0.4 is 15.1 Å². The van der Waals surface area contributed by atoms with Crippen molar-refractivity contribution in [1.29, 1.82) is 0 Å². The van der Waals surface area contributed by atoms with E-state index in [1.54, 1.807) is 63.6 Å².